The maximum absolute atomic E-state index is 12.4. The molecule has 1 aromatic heterocycles. The Morgan fingerprint density at radius 1 is 1.36 bits per heavy atom. The van der Waals surface area contributed by atoms with Crippen molar-refractivity contribution in [2.45, 2.75) is 44.2 Å². The second-order valence-electron chi connectivity index (χ2n) is 6.10. The maximum atomic E-state index is 12.4. The van der Waals surface area contributed by atoms with E-state index in [1.54, 1.807) is 10.9 Å². The Labute approximate surface area is 130 Å². The lowest BCUT2D eigenvalue weighted by Gasteiger charge is -2.25. The smallest absolute Gasteiger partial charge is 0.240 e. The van der Waals surface area contributed by atoms with Crippen molar-refractivity contribution in [2.75, 3.05) is 0 Å². The molecule has 0 saturated heterocycles. The summed E-state index contributed by atoms with van der Waals surface area (Å²) in [6, 6.07) is 9.82. The van der Waals surface area contributed by atoms with E-state index < -0.39 is 5.54 Å². The molecule has 22 heavy (non-hydrogen) atoms. The van der Waals surface area contributed by atoms with E-state index in [1.165, 1.54) is 0 Å². The number of hydrogen-bond donors (Lipinski definition) is 2. The topological polar surface area (TPSA) is 72.9 Å². The third kappa shape index (κ3) is 2.90. The lowest BCUT2D eigenvalue weighted by atomic mass is 9.97. The summed E-state index contributed by atoms with van der Waals surface area (Å²) in [5, 5.41) is 7.29. The molecular weight excluding hydrogens is 276 g/mol. The number of hydrogen-bond acceptors (Lipinski definition) is 3. The molecule has 3 rings (SSSR count). The van der Waals surface area contributed by atoms with Crippen LogP contribution in [0.2, 0.25) is 0 Å². The Kier molecular flexibility index (Phi) is 3.98. The van der Waals surface area contributed by atoms with Crippen LogP contribution >= 0.6 is 0 Å². The first-order chi connectivity index (χ1) is 10.6. The highest BCUT2D eigenvalue weighted by Gasteiger charge is 2.37. The van der Waals surface area contributed by atoms with Crippen molar-refractivity contribution in [1.29, 1.82) is 0 Å². The molecular formula is C17H22N4O. The van der Waals surface area contributed by atoms with E-state index in [0.717, 1.165) is 36.9 Å². The predicted molar refractivity (Wildman–Crippen MR) is 85.5 cm³/mol. The van der Waals surface area contributed by atoms with Gasteiger partial charge in [-0.25, -0.2) is 4.68 Å². The fourth-order valence-corrected chi connectivity index (χ4v) is 3.01. The van der Waals surface area contributed by atoms with Crippen molar-refractivity contribution in [3.05, 3.63) is 48.3 Å². The monoisotopic (exact) mass is 298 g/mol. The first-order valence-electron chi connectivity index (χ1n) is 7.78. The summed E-state index contributed by atoms with van der Waals surface area (Å²) in [5.74, 6) is -0.0398. The molecule has 1 unspecified atom stereocenters. The Hall–Kier alpha value is -2.14. The first kappa shape index (κ1) is 14.8. The van der Waals surface area contributed by atoms with E-state index in [1.807, 2.05) is 43.5 Å². The van der Waals surface area contributed by atoms with Gasteiger partial charge >= 0.3 is 0 Å². The van der Waals surface area contributed by atoms with Crippen molar-refractivity contribution in [3.63, 3.8) is 0 Å². The number of nitrogens with zero attached hydrogens (tertiary/aromatic N) is 2. The minimum absolute atomic E-state index is 0.0398. The van der Waals surface area contributed by atoms with Crippen LogP contribution in [0.4, 0.5) is 0 Å². The van der Waals surface area contributed by atoms with Crippen LogP contribution in [0.15, 0.2) is 42.7 Å². The van der Waals surface area contributed by atoms with Crippen molar-refractivity contribution < 1.29 is 4.79 Å². The molecule has 1 heterocycles. The molecule has 1 aromatic carbocycles. The van der Waals surface area contributed by atoms with Crippen molar-refractivity contribution in [3.8, 4) is 5.69 Å². The Morgan fingerprint density at radius 2 is 2.14 bits per heavy atom. The van der Waals surface area contributed by atoms with Gasteiger partial charge < -0.3 is 11.1 Å². The van der Waals surface area contributed by atoms with Gasteiger partial charge in [-0.05, 0) is 43.5 Å². The van der Waals surface area contributed by atoms with Crippen molar-refractivity contribution in [1.82, 2.24) is 15.1 Å². The molecule has 1 atom stereocenters. The SMILES string of the molecule is CC(NC(=O)C1(N)CCCC1)c1cccc(-n2cccn2)c1. The number of carbonyl (C=O) groups is 1. The van der Waals surface area contributed by atoms with Crippen LogP contribution in [0.1, 0.15) is 44.2 Å². The van der Waals surface area contributed by atoms with Gasteiger partial charge in [-0.1, -0.05) is 25.0 Å². The largest absolute Gasteiger partial charge is 0.348 e. The molecule has 1 aliphatic carbocycles. The number of nitrogens with two attached hydrogens (primary N) is 1. The summed E-state index contributed by atoms with van der Waals surface area (Å²) in [7, 11) is 0. The van der Waals surface area contributed by atoms with E-state index in [0.29, 0.717) is 0 Å². The van der Waals surface area contributed by atoms with Crippen LogP contribution < -0.4 is 11.1 Å². The van der Waals surface area contributed by atoms with E-state index in [4.69, 9.17) is 5.73 Å². The molecule has 0 bridgehead atoms. The molecule has 0 spiro atoms. The zero-order valence-electron chi connectivity index (χ0n) is 12.8. The highest BCUT2D eigenvalue weighted by Crippen LogP contribution is 2.28. The molecule has 0 radical (unpaired) electrons. The van der Waals surface area contributed by atoms with Crippen LogP contribution in [-0.2, 0) is 4.79 Å². The second-order valence-corrected chi connectivity index (χ2v) is 6.10. The first-order valence-corrected chi connectivity index (χ1v) is 7.78. The van der Waals surface area contributed by atoms with Crippen LogP contribution in [0.5, 0.6) is 0 Å². The molecule has 2 aromatic rings. The van der Waals surface area contributed by atoms with Crippen LogP contribution in [0, 0.1) is 0 Å². The summed E-state index contributed by atoms with van der Waals surface area (Å²) >= 11 is 0. The Morgan fingerprint density at radius 3 is 2.82 bits per heavy atom. The molecule has 5 nitrogen and oxygen atoms in total. The minimum Gasteiger partial charge on any atom is -0.348 e. The number of benzene rings is 1. The van der Waals surface area contributed by atoms with E-state index in [9.17, 15) is 4.79 Å². The van der Waals surface area contributed by atoms with Gasteiger partial charge in [-0.2, -0.15) is 5.10 Å². The van der Waals surface area contributed by atoms with Gasteiger partial charge in [-0.15, -0.1) is 0 Å². The third-order valence-corrected chi connectivity index (χ3v) is 4.43. The highest BCUT2D eigenvalue weighted by molar-refractivity contribution is 5.86. The van der Waals surface area contributed by atoms with Crippen molar-refractivity contribution in [2.24, 2.45) is 5.73 Å². The standard InChI is InChI=1S/C17H22N4O/c1-13(20-16(22)17(18)8-2-3-9-17)14-6-4-7-15(12-14)21-11-5-10-19-21/h4-7,10-13H,2-3,8-9,18H2,1H3,(H,20,22). The second kappa shape index (κ2) is 5.93. The molecule has 5 heteroatoms. The summed E-state index contributed by atoms with van der Waals surface area (Å²) in [6.45, 7) is 1.98. The fraction of sp³-hybridized carbons (Fsp3) is 0.412. The molecule has 116 valence electrons. The third-order valence-electron chi connectivity index (χ3n) is 4.43. The average molecular weight is 298 g/mol. The van der Waals surface area contributed by atoms with E-state index in [2.05, 4.69) is 10.4 Å². The number of nitrogens with one attached hydrogen (secondary N) is 1. The van der Waals surface area contributed by atoms with Gasteiger partial charge in [0.15, 0.2) is 0 Å². The zero-order chi connectivity index (χ0) is 15.6. The van der Waals surface area contributed by atoms with Crippen LogP contribution in [0.25, 0.3) is 5.69 Å². The van der Waals surface area contributed by atoms with Gasteiger partial charge in [-0.3, -0.25) is 4.79 Å². The van der Waals surface area contributed by atoms with E-state index in [-0.39, 0.29) is 11.9 Å². The Balaban J connectivity index is 1.74. The Bertz CT molecular complexity index is 644. The normalized spacial score (nSPS) is 18.1. The van der Waals surface area contributed by atoms with Crippen LogP contribution in [0.3, 0.4) is 0 Å². The lowest BCUT2D eigenvalue weighted by molar-refractivity contribution is -0.126. The molecule has 0 aliphatic heterocycles. The number of carbonyl (C=O) groups excluding carboxylic acids is 1. The molecule has 1 amide bonds. The number of aromatic nitrogens is 2. The zero-order valence-corrected chi connectivity index (χ0v) is 12.8. The summed E-state index contributed by atoms with van der Waals surface area (Å²) in [5.41, 5.74) is 7.55. The van der Waals surface area contributed by atoms with Gasteiger partial charge in [0.2, 0.25) is 5.91 Å². The molecule has 1 fully saturated rings. The average Bonchev–Trinajstić information content (AvgIpc) is 3.19. The molecule has 1 aliphatic rings. The van der Waals surface area contributed by atoms with Crippen LogP contribution in [-0.4, -0.2) is 21.2 Å². The lowest BCUT2D eigenvalue weighted by Crippen LogP contribution is -2.52. The summed E-state index contributed by atoms with van der Waals surface area (Å²) in [4.78, 5) is 12.4. The van der Waals surface area contributed by atoms with Crippen molar-refractivity contribution >= 4 is 5.91 Å². The molecule has 1 saturated carbocycles. The van der Waals surface area contributed by atoms with E-state index >= 15 is 0 Å². The maximum Gasteiger partial charge on any atom is 0.240 e. The molecule has 3 N–H and O–H groups in total. The number of amides is 1. The number of rotatable bonds is 4. The summed E-state index contributed by atoms with van der Waals surface area (Å²) < 4.78 is 1.80. The predicted octanol–water partition coefficient (Wildman–Crippen LogP) is 2.32. The fourth-order valence-electron chi connectivity index (χ4n) is 3.01. The van der Waals surface area contributed by atoms with Gasteiger partial charge in [0.1, 0.15) is 0 Å². The minimum atomic E-state index is -0.687. The quantitative estimate of drug-likeness (QED) is 0.910. The highest BCUT2D eigenvalue weighted by atomic mass is 16.2. The summed E-state index contributed by atoms with van der Waals surface area (Å²) in [6.07, 6.45) is 7.27. The van der Waals surface area contributed by atoms with Gasteiger partial charge in [0.05, 0.1) is 17.3 Å². The van der Waals surface area contributed by atoms with Gasteiger partial charge in [0, 0.05) is 12.4 Å². The van der Waals surface area contributed by atoms with Gasteiger partial charge in [0.25, 0.3) is 0 Å².